The highest BCUT2D eigenvalue weighted by molar-refractivity contribution is 5.95. The van der Waals surface area contributed by atoms with E-state index in [2.05, 4.69) is 25.2 Å². The Hall–Kier alpha value is -3.99. The van der Waals surface area contributed by atoms with Gasteiger partial charge in [-0.05, 0) is 12.1 Å². The van der Waals surface area contributed by atoms with E-state index in [1.807, 2.05) is 12.1 Å². The first-order valence-electron chi connectivity index (χ1n) is 10.4. The van der Waals surface area contributed by atoms with Crippen molar-refractivity contribution in [3.8, 4) is 5.75 Å². The monoisotopic (exact) mass is 451 g/mol. The van der Waals surface area contributed by atoms with E-state index in [4.69, 9.17) is 20.9 Å². The Balaban J connectivity index is 1.73. The van der Waals surface area contributed by atoms with E-state index < -0.39 is 17.7 Å². The van der Waals surface area contributed by atoms with Gasteiger partial charge in [0, 0.05) is 54.5 Å². The summed E-state index contributed by atoms with van der Waals surface area (Å²) in [5, 5.41) is 3.84. The van der Waals surface area contributed by atoms with Crippen LogP contribution in [0.3, 0.4) is 0 Å². The molecule has 2 aromatic heterocycles. The molecule has 3 heterocycles. The number of nitrogens with one attached hydrogen (secondary N) is 1. The number of primary amides is 2. The second kappa shape index (κ2) is 9.65. The number of anilines is 3. The fourth-order valence-corrected chi connectivity index (χ4v) is 3.84. The third-order valence-electron chi connectivity index (χ3n) is 5.48. The van der Waals surface area contributed by atoms with Gasteiger partial charge in [-0.3, -0.25) is 9.59 Å². The summed E-state index contributed by atoms with van der Waals surface area (Å²) >= 11 is 0. The zero-order chi connectivity index (χ0) is 23.4. The van der Waals surface area contributed by atoms with Gasteiger partial charge in [0.2, 0.25) is 11.8 Å². The SMILES string of the molecule is COc1cc2ncnc(Nc3cc(N4CCOCC4)ccn3)c2cc1C(CC(N)=O)C(N)=O. The molecule has 5 N–H and O–H groups in total. The summed E-state index contributed by atoms with van der Waals surface area (Å²) in [7, 11) is 1.47. The second-order valence-electron chi connectivity index (χ2n) is 7.58. The summed E-state index contributed by atoms with van der Waals surface area (Å²) in [5.41, 5.74) is 12.9. The third kappa shape index (κ3) is 4.93. The Morgan fingerprint density at radius 3 is 2.67 bits per heavy atom. The van der Waals surface area contributed by atoms with Crippen molar-refractivity contribution >= 4 is 40.0 Å². The first-order chi connectivity index (χ1) is 16.0. The minimum Gasteiger partial charge on any atom is -0.496 e. The summed E-state index contributed by atoms with van der Waals surface area (Å²) in [6.07, 6.45) is 2.91. The molecule has 1 aromatic carbocycles. The summed E-state index contributed by atoms with van der Waals surface area (Å²) in [5.74, 6) is -0.814. The molecule has 3 aromatic rings. The molecule has 0 aliphatic carbocycles. The highest BCUT2D eigenvalue weighted by Gasteiger charge is 2.25. The van der Waals surface area contributed by atoms with E-state index in [0.29, 0.717) is 47.1 Å². The number of carbonyl (C=O) groups is 2. The van der Waals surface area contributed by atoms with E-state index in [9.17, 15) is 9.59 Å². The number of ether oxygens (including phenoxy) is 2. The summed E-state index contributed by atoms with van der Waals surface area (Å²) in [6, 6.07) is 7.24. The van der Waals surface area contributed by atoms with Gasteiger partial charge in [-0.25, -0.2) is 15.0 Å². The van der Waals surface area contributed by atoms with Gasteiger partial charge in [0.15, 0.2) is 0 Å². The smallest absolute Gasteiger partial charge is 0.225 e. The van der Waals surface area contributed by atoms with Crippen molar-refractivity contribution < 1.29 is 19.1 Å². The standard InChI is InChI=1S/C22H25N7O4/c1-32-18-11-17-16(9-14(18)15(21(24)31)10-19(23)30)22(27-12-26-17)28-20-8-13(2-3-25-20)29-4-6-33-7-5-29/h2-3,8-9,11-12,15H,4-7,10H2,1H3,(H2,23,30)(H2,24,31)(H,25,26,27,28). The molecule has 1 saturated heterocycles. The van der Waals surface area contributed by atoms with Crippen LogP contribution < -0.4 is 26.4 Å². The van der Waals surface area contributed by atoms with Crippen molar-refractivity contribution in [2.45, 2.75) is 12.3 Å². The molecule has 33 heavy (non-hydrogen) atoms. The van der Waals surface area contributed by atoms with Crippen LogP contribution in [0.4, 0.5) is 17.3 Å². The Labute approximate surface area is 190 Å². The highest BCUT2D eigenvalue weighted by Crippen LogP contribution is 2.35. The van der Waals surface area contributed by atoms with E-state index in [-0.39, 0.29) is 6.42 Å². The number of fused-ring (bicyclic) bond motifs is 1. The number of pyridine rings is 1. The molecule has 0 radical (unpaired) electrons. The van der Waals surface area contributed by atoms with Crippen LogP contribution >= 0.6 is 0 Å². The number of rotatable bonds is 8. The number of amides is 2. The summed E-state index contributed by atoms with van der Waals surface area (Å²) < 4.78 is 10.9. The lowest BCUT2D eigenvalue weighted by molar-refractivity contribution is -0.124. The zero-order valence-electron chi connectivity index (χ0n) is 18.2. The van der Waals surface area contributed by atoms with Gasteiger partial charge in [-0.15, -0.1) is 0 Å². The van der Waals surface area contributed by atoms with Crippen LogP contribution in [0.2, 0.25) is 0 Å². The molecule has 11 heteroatoms. The molecule has 0 bridgehead atoms. The van der Waals surface area contributed by atoms with E-state index in [1.54, 1.807) is 18.3 Å². The Kier molecular flexibility index (Phi) is 6.50. The van der Waals surface area contributed by atoms with E-state index >= 15 is 0 Å². The third-order valence-corrected chi connectivity index (χ3v) is 5.48. The molecule has 1 atom stereocenters. The van der Waals surface area contributed by atoms with Crippen LogP contribution in [0, 0.1) is 0 Å². The molecule has 0 saturated carbocycles. The van der Waals surface area contributed by atoms with Crippen LogP contribution in [-0.2, 0) is 14.3 Å². The zero-order valence-corrected chi connectivity index (χ0v) is 18.2. The van der Waals surface area contributed by atoms with Gasteiger partial charge in [0.1, 0.15) is 23.7 Å². The molecule has 11 nitrogen and oxygen atoms in total. The molecule has 0 spiro atoms. The van der Waals surface area contributed by atoms with Gasteiger partial charge in [0.25, 0.3) is 0 Å². The maximum atomic E-state index is 12.1. The number of aromatic nitrogens is 3. The number of nitrogens with two attached hydrogens (primary N) is 2. The largest absolute Gasteiger partial charge is 0.496 e. The van der Waals surface area contributed by atoms with Crippen molar-refractivity contribution in [2.24, 2.45) is 11.5 Å². The van der Waals surface area contributed by atoms with Gasteiger partial charge < -0.3 is 31.2 Å². The van der Waals surface area contributed by atoms with Crippen LogP contribution in [0.1, 0.15) is 17.9 Å². The number of nitrogens with zero attached hydrogens (tertiary/aromatic N) is 4. The van der Waals surface area contributed by atoms with E-state index in [0.717, 1.165) is 18.8 Å². The van der Waals surface area contributed by atoms with Crippen molar-refractivity contribution in [3.63, 3.8) is 0 Å². The number of carbonyl (C=O) groups excluding carboxylic acids is 2. The van der Waals surface area contributed by atoms with Crippen LogP contribution in [0.5, 0.6) is 5.75 Å². The first-order valence-corrected chi connectivity index (χ1v) is 10.4. The highest BCUT2D eigenvalue weighted by atomic mass is 16.5. The number of morpholine rings is 1. The quantitative estimate of drug-likeness (QED) is 0.455. The Morgan fingerprint density at radius 2 is 1.97 bits per heavy atom. The minimum atomic E-state index is -0.947. The molecular weight excluding hydrogens is 426 g/mol. The minimum absolute atomic E-state index is 0.239. The molecule has 172 valence electrons. The lowest BCUT2D eigenvalue weighted by atomic mass is 9.92. The van der Waals surface area contributed by atoms with Crippen LogP contribution in [-0.4, -0.2) is 60.2 Å². The lowest BCUT2D eigenvalue weighted by Crippen LogP contribution is -2.36. The number of hydrogen-bond acceptors (Lipinski definition) is 9. The Morgan fingerprint density at radius 1 is 1.18 bits per heavy atom. The average molecular weight is 451 g/mol. The van der Waals surface area contributed by atoms with Gasteiger partial charge in [-0.1, -0.05) is 0 Å². The maximum absolute atomic E-state index is 12.1. The summed E-state index contributed by atoms with van der Waals surface area (Å²) in [4.78, 5) is 38.9. The van der Waals surface area contributed by atoms with Crippen molar-refractivity contribution in [1.29, 1.82) is 0 Å². The molecule has 1 aliphatic rings. The molecule has 2 amide bonds. The van der Waals surface area contributed by atoms with Gasteiger partial charge in [0.05, 0.1) is 31.8 Å². The molecule has 1 fully saturated rings. The van der Waals surface area contributed by atoms with Crippen molar-refractivity contribution in [1.82, 2.24) is 15.0 Å². The van der Waals surface area contributed by atoms with Crippen LogP contribution in [0.25, 0.3) is 10.9 Å². The van der Waals surface area contributed by atoms with E-state index in [1.165, 1.54) is 13.4 Å². The first kappa shape index (κ1) is 22.2. The van der Waals surface area contributed by atoms with Crippen LogP contribution in [0.15, 0.2) is 36.8 Å². The number of benzene rings is 1. The van der Waals surface area contributed by atoms with Crippen molar-refractivity contribution in [3.05, 3.63) is 42.4 Å². The number of hydrogen-bond donors (Lipinski definition) is 3. The predicted octanol–water partition coefficient (Wildman–Crippen LogP) is 1.06. The molecule has 1 aliphatic heterocycles. The average Bonchev–Trinajstić information content (AvgIpc) is 2.82. The van der Waals surface area contributed by atoms with Gasteiger partial charge in [-0.2, -0.15) is 0 Å². The topological polar surface area (TPSA) is 159 Å². The number of methoxy groups -OCH3 is 1. The Bertz CT molecular complexity index is 1180. The molecule has 4 rings (SSSR count). The molecule has 1 unspecified atom stereocenters. The second-order valence-corrected chi connectivity index (χ2v) is 7.58. The lowest BCUT2D eigenvalue weighted by Gasteiger charge is -2.29. The maximum Gasteiger partial charge on any atom is 0.225 e. The fraction of sp³-hybridized carbons (Fsp3) is 0.318. The predicted molar refractivity (Wildman–Crippen MR) is 122 cm³/mol. The van der Waals surface area contributed by atoms with Gasteiger partial charge >= 0.3 is 0 Å². The normalized spacial score (nSPS) is 14.6. The van der Waals surface area contributed by atoms with Crippen molar-refractivity contribution in [2.75, 3.05) is 43.6 Å². The molecular formula is C22H25N7O4. The summed E-state index contributed by atoms with van der Waals surface area (Å²) in [6.45, 7) is 2.96. The fourth-order valence-electron chi connectivity index (χ4n) is 3.84.